The fourth-order valence-electron chi connectivity index (χ4n) is 4.99. The summed E-state index contributed by atoms with van der Waals surface area (Å²) in [5, 5.41) is 9.86. The van der Waals surface area contributed by atoms with E-state index in [4.69, 9.17) is 10.7 Å². The number of hydrogen-bond donors (Lipinski definition) is 3. The lowest BCUT2D eigenvalue weighted by Crippen LogP contribution is -2.47. The maximum absolute atomic E-state index is 12.8. The fourth-order valence-corrected chi connectivity index (χ4v) is 4.99. The van der Waals surface area contributed by atoms with Crippen LogP contribution in [0.4, 0.5) is 13.2 Å². The van der Waals surface area contributed by atoms with Gasteiger partial charge < -0.3 is 25.5 Å². The van der Waals surface area contributed by atoms with Crippen LogP contribution in [0.25, 0.3) is 10.9 Å². The van der Waals surface area contributed by atoms with Crippen LogP contribution in [0.15, 0.2) is 46.7 Å². The summed E-state index contributed by atoms with van der Waals surface area (Å²) in [6, 6.07) is 5.28. The zero-order valence-corrected chi connectivity index (χ0v) is 17.4. The Morgan fingerprint density at radius 3 is 2.70 bits per heavy atom. The number of amidine groups is 2. The van der Waals surface area contributed by atoms with Crippen molar-refractivity contribution in [2.45, 2.75) is 44.1 Å². The molecule has 1 aromatic carbocycles. The molecule has 0 spiro atoms. The van der Waals surface area contributed by atoms with Crippen molar-refractivity contribution in [3.63, 3.8) is 0 Å². The molecule has 3 aliphatic rings. The van der Waals surface area contributed by atoms with Gasteiger partial charge in [-0.05, 0) is 37.8 Å². The molecule has 11 heteroatoms. The molecule has 1 fully saturated rings. The van der Waals surface area contributed by atoms with Crippen molar-refractivity contribution in [1.29, 1.82) is 0 Å². The number of nitrogens with zero attached hydrogens (tertiary/aromatic N) is 3. The van der Waals surface area contributed by atoms with Gasteiger partial charge in [0.1, 0.15) is 23.8 Å². The number of para-hydroxylation sites is 1. The van der Waals surface area contributed by atoms with Crippen LogP contribution in [0.1, 0.15) is 37.4 Å². The van der Waals surface area contributed by atoms with E-state index in [0.29, 0.717) is 42.6 Å². The van der Waals surface area contributed by atoms with E-state index in [2.05, 4.69) is 14.7 Å². The number of alkyl halides is 3. The number of ether oxygens (including phenoxy) is 1. The molecule has 0 saturated heterocycles. The summed E-state index contributed by atoms with van der Waals surface area (Å²) in [6.07, 6.45) is 1.09. The molecule has 2 atom stereocenters. The van der Waals surface area contributed by atoms with Gasteiger partial charge in [-0.25, -0.2) is 4.99 Å². The van der Waals surface area contributed by atoms with Crippen molar-refractivity contribution >= 4 is 28.5 Å². The zero-order chi connectivity index (χ0) is 23.3. The first-order chi connectivity index (χ1) is 15.7. The number of aromatic nitrogens is 1. The molecule has 0 radical (unpaired) electrons. The molecule has 4 N–H and O–H groups in total. The molecule has 2 unspecified atom stereocenters. The van der Waals surface area contributed by atoms with Crippen LogP contribution in [-0.4, -0.2) is 45.0 Å². The van der Waals surface area contributed by atoms with Crippen LogP contribution in [0.2, 0.25) is 0 Å². The van der Waals surface area contributed by atoms with E-state index in [1.807, 2.05) is 4.90 Å². The van der Waals surface area contributed by atoms with Crippen molar-refractivity contribution in [2.24, 2.45) is 27.6 Å². The minimum Gasteiger partial charge on any atom is -0.481 e. The Hall–Kier alpha value is -3.50. The summed E-state index contributed by atoms with van der Waals surface area (Å²) >= 11 is 0. The number of fused-ring (bicyclic) bond motifs is 2. The lowest BCUT2D eigenvalue weighted by atomic mass is 9.81. The van der Waals surface area contributed by atoms with E-state index in [1.54, 1.807) is 24.5 Å². The molecule has 33 heavy (non-hydrogen) atoms. The molecule has 0 amide bonds. The highest BCUT2D eigenvalue weighted by molar-refractivity contribution is 5.99. The Morgan fingerprint density at radius 2 is 2.00 bits per heavy atom. The number of rotatable bonds is 4. The monoisotopic (exact) mass is 461 g/mol. The average Bonchev–Trinajstić information content (AvgIpc) is 3.36. The molecule has 5 rings (SSSR count). The van der Waals surface area contributed by atoms with E-state index in [9.17, 15) is 23.1 Å². The lowest BCUT2D eigenvalue weighted by Gasteiger charge is -2.33. The molecule has 3 heterocycles. The van der Waals surface area contributed by atoms with Crippen molar-refractivity contribution in [2.75, 3.05) is 0 Å². The number of nitrogens with one attached hydrogen (secondary N) is 1. The van der Waals surface area contributed by atoms with Gasteiger partial charge >= 0.3 is 12.3 Å². The van der Waals surface area contributed by atoms with Crippen LogP contribution < -0.4 is 10.5 Å². The first kappa shape index (κ1) is 21.4. The summed E-state index contributed by atoms with van der Waals surface area (Å²) in [4.78, 5) is 25.5. The maximum atomic E-state index is 12.8. The number of carboxylic acids is 1. The lowest BCUT2D eigenvalue weighted by molar-refractivity contribution is -0.274. The SMILES string of the molecule is NC1=NC=CN2C(C3CCC(C(=O)O)CC3)=NC(c3cc4cccc(OC(F)(F)F)c4[nH]3)C12. The van der Waals surface area contributed by atoms with E-state index in [-0.39, 0.29) is 23.1 Å². The van der Waals surface area contributed by atoms with Gasteiger partial charge in [-0.3, -0.25) is 9.79 Å². The molecule has 1 aliphatic carbocycles. The quantitative estimate of drug-likeness (QED) is 0.638. The van der Waals surface area contributed by atoms with Gasteiger partial charge in [0, 0.05) is 29.4 Å². The molecule has 2 aromatic rings. The van der Waals surface area contributed by atoms with Crippen molar-refractivity contribution in [3.05, 3.63) is 42.4 Å². The maximum Gasteiger partial charge on any atom is 0.573 e. The predicted octanol–water partition coefficient (Wildman–Crippen LogP) is 3.92. The summed E-state index contributed by atoms with van der Waals surface area (Å²) in [5.41, 5.74) is 7.05. The van der Waals surface area contributed by atoms with Gasteiger partial charge in [0.25, 0.3) is 0 Å². The molecule has 174 valence electrons. The molecule has 0 bridgehead atoms. The molecular weight excluding hydrogens is 439 g/mol. The number of H-pyrrole nitrogens is 1. The molecule has 1 aromatic heterocycles. The fraction of sp³-hybridized carbons (Fsp3) is 0.409. The Morgan fingerprint density at radius 1 is 1.24 bits per heavy atom. The second-order valence-corrected chi connectivity index (χ2v) is 8.52. The Labute approximate surface area is 186 Å². The number of carbonyl (C=O) groups is 1. The van der Waals surface area contributed by atoms with Gasteiger partial charge in [0.05, 0.1) is 11.4 Å². The zero-order valence-electron chi connectivity index (χ0n) is 17.4. The minimum atomic E-state index is -4.81. The molecule has 1 saturated carbocycles. The highest BCUT2D eigenvalue weighted by atomic mass is 19.4. The highest BCUT2D eigenvalue weighted by Gasteiger charge is 2.44. The van der Waals surface area contributed by atoms with Crippen molar-refractivity contribution in [3.8, 4) is 5.75 Å². The van der Waals surface area contributed by atoms with Gasteiger partial charge in [-0.2, -0.15) is 0 Å². The number of carboxylic acid groups (broad SMARTS) is 1. The van der Waals surface area contributed by atoms with Gasteiger partial charge in [0.2, 0.25) is 0 Å². The second-order valence-electron chi connectivity index (χ2n) is 8.52. The summed E-state index contributed by atoms with van der Waals surface area (Å²) in [5.74, 6) is -0.222. The van der Waals surface area contributed by atoms with Crippen LogP contribution in [0.5, 0.6) is 5.75 Å². The first-order valence-corrected chi connectivity index (χ1v) is 10.7. The van der Waals surface area contributed by atoms with Gasteiger partial charge in [-0.1, -0.05) is 12.1 Å². The van der Waals surface area contributed by atoms with Gasteiger partial charge in [-0.15, -0.1) is 13.2 Å². The summed E-state index contributed by atoms with van der Waals surface area (Å²) in [7, 11) is 0. The van der Waals surface area contributed by atoms with Crippen molar-refractivity contribution in [1.82, 2.24) is 9.88 Å². The Kier molecular flexibility index (Phi) is 5.06. The number of aliphatic imine (C=N–C) groups is 2. The van der Waals surface area contributed by atoms with Crippen LogP contribution in [0.3, 0.4) is 0 Å². The van der Waals surface area contributed by atoms with Crippen LogP contribution >= 0.6 is 0 Å². The highest BCUT2D eigenvalue weighted by Crippen LogP contribution is 2.41. The molecular formula is C22H22F3N5O3. The Bertz CT molecular complexity index is 1180. The average molecular weight is 461 g/mol. The van der Waals surface area contributed by atoms with Crippen LogP contribution in [-0.2, 0) is 4.79 Å². The Balaban J connectivity index is 1.50. The molecule has 2 aliphatic heterocycles. The smallest absolute Gasteiger partial charge is 0.481 e. The van der Waals surface area contributed by atoms with Crippen molar-refractivity contribution < 1.29 is 27.8 Å². The van der Waals surface area contributed by atoms with E-state index < -0.39 is 24.4 Å². The number of hydrogen-bond acceptors (Lipinski definition) is 6. The number of halogens is 3. The topological polar surface area (TPSA) is 116 Å². The summed E-state index contributed by atoms with van der Waals surface area (Å²) in [6.45, 7) is 0. The predicted molar refractivity (Wildman–Crippen MR) is 115 cm³/mol. The minimum absolute atomic E-state index is 0.0668. The largest absolute Gasteiger partial charge is 0.573 e. The second kappa shape index (κ2) is 7.82. The number of nitrogens with two attached hydrogens (primary N) is 1. The van der Waals surface area contributed by atoms with Gasteiger partial charge in [0.15, 0.2) is 5.75 Å². The standard InChI is InChI=1S/C22H22F3N5O3/c23-22(24,25)33-15-3-1-2-13-10-14(28-16(13)15)17-18-19(26)27-8-9-30(18)20(29-17)11-4-6-12(7-5-11)21(31)32/h1-3,8-12,17-18,28H,4-7H2,(H2,26,27)(H,31,32). The van der Waals surface area contributed by atoms with E-state index in [0.717, 1.165) is 5.84 Å². The number of benzene rings is 1. The molecule has 8 nitrogen and oxygen atoms in total. The first-order valence-electron chi connectivity index (χ1n) is 10.7. The number of aromatic amines is 1. The number of aliphatic carboxylic acids is 1. The third-order valence-corrected chi connectivity index (χ3v) is 6.51. The van der Waals surface area contributed by atoms with E-state index in [1.165, 1.54) is 12.1 Å². The normalized spacial score (nSPS) is 27.3. The third kappa shape index (κ3) is 3.91. The van der Waals surface area contributed by atoms with Crippen LogP contribution in [0, 0.1) is 11.8 Å². The third-order valence-electron chi connectivity index (χ3n) is 6.51. The summed E-state index contributed by atoms with van der Waals surface area (Å²) < 4.78 is 42.7. The van der Waals surface area contributed by atoms with E-state index >= 15 is 0 Å².